The number of nitrogens with zero attached hydrogens (tertiary/aromatic N) is 2. The van der Waals surface area contributed by atoms with E-state index in [1.165, 1.54) is 5.56 Å². The van der Waals surface area contributed by atoms with E-state index in [9.17, 15) is 0 Å². The van der Waals surface area contributed by atoms with Crippen LogP contribution in [-0.2, 0) is 20.0 Å². The number of halogens is 1. The van der Waals surface area contributed by atoms with Gasteiger partial charge in [0.1, 0.15) is 0 Å². The number of aryl methyl sites for hydroxylation is 3. The lowest BCUT2D eigenvalue weighted by atomic mass is 10.1. The highest BCUT2D eigenvalue weighted by molar-refractivity contribution is 6.31. The molecule has 0 saturated carbocycles. The number of anilines is 1. The third-order valence-corrected chi connectivity index (χ3v) is 3.60. The van der Waals surface area contributed by atoms with E-state index in [2.05, 4.69) is 35.5 Å². The fraction of sp³-hybridized carbons (Fsp3) is 0.357. The molecule has 18 heavy (non-hydrogen) atoms. The van der Waals surface area contributed by atoms with Gasteiger partial charge in [0.25, 0.3) is 0 Å². The van der Waals surface area contributed by atoms with Crippen LogP contribution in [0.2, 0.25) is 5.02 Å². The van der Waals surface area contributed by atoms with Crippen molar-refractivity contribution in [2.75, 3.05) is 5.32 Å². The number of rotatable bonds is 4. The van der Waals surface area contributed by atoms with Gasteiger partial charge in [0.2, 0.25) is 0 Å². The van der Waals surface area contributed by atoms with Crippen molar-refractivity contribution in [3.8, 4) is 0 Å². The van der Waals surface area contributed by atoms with Crippen LogP contribution in [0.5, 0.6) is 0 Å². The largest absolute Gasteiger partial charge is 0.379 e. The van der Waals surface area contributed by atoms with Crippen LogP contribution in [0, 0.1) is 6.92 Å². The number of hydrogen-bond acceptors (Lipinski definition) is 2. The smallest absolute Gasteiger partial charge is 0.0865 e. The minimum absolute atomic E-state index is 0.688. The third-order valence-electron chi connectivity index (χ3n) is 3.11. The predicted octanol–water partition coefficient (Wildman–Crippen LogP) is 3.56. The summed E-state index contributed by atoms with van der Waals surface area (Å²) in [5, 5.41) is 8.49. The number of hydrogen-bond donors (Lipinski definition) is 1. The SMILES string of the molecule is CCc1ccccc1NCc1c(Cl)c(C)nn1C. The van der Waals surface area contributed by atoms with Crippen molar-refractivity contribution < 1.29 is 0 Å². The van der Waals surface area contributed by atoms with Gasteiger partial charge < -0.3 is 5.32 Å². The van der Waals surface area contributed by atoms with Gasteiger partial charge in [-0.25, -0.2) is 0 Å². The zero-order valence-corrected chi connectivity index (χ0v) is 11.8. The highest BCUT2D eigenvalue weighted by Gasteiger charge is 2.10. The van der Waals surface area contributed by atoms with Gasteiger partial charge in [0, 0.05) is 12.7 Å². The number of para-hydroxylation sites is 1. The van der Waals surface area contributed by atoms with Gasteiger partial charge in [-0.05, 0) is 25.0 Å². The standard InChI is InChI=1S/C14H18ClN3/c1-4-11-7-5-6-8-12(11)16-9-13-14(15)10(2)17-18(13)3/h5-8,16H,4,9H2,1-3H3. The maximum atomic E-state index is 6.23. The lowest BCUT2D eigenvalue weighted by Crippen LogP contribution is -2.07. The Morgan fingerprint density at radius 2 is 2.06 bits per heavy atom. The maximum absolute atomic E-state index is 6.23. The second-order valence-corrected chi connectivity index (χ2v) is 4.71. The van der Waals surface area contributed by atoms with Gasteiger partial charge in [-0.2, -0.15) is 5.10 Å². The monoisotopic (exact) mass is 263 g/mol. The lowest BCUT2D eigenvalue weighted by Gasteiger charge is -2.11. The van der Waals surface area contributed by atoms with E-state index in [1.54, 1.807) is 0 Å². The Balaban J connectivity index is 2.16. The number of benzene rings is 1. The van der Waals surface area contributed by atoms with Gasteiger partial charge in [0.15, 0.2) is 0 Å². The summed E-state index contributed by atoms with van der Waals surface area (Å²) in [5.74, 6) is 0. The van der Waals surface area contributed by atoms with Crippen molar-refractivity contribution in [3.05, 3.63) is 46.2 Å². The average Bonchev–Trinajstić information content (AvgIpc) is 2.62. The Morgan fingerprint density at radius 3 is 2.67 bits per heavy atom. The molecule has 4 heteroatoms. The number of aromatic nitrogens is 2. The molecular formula is C14H18ClN3. The van der Waals surface area contributed by atoms with Gasteiger partial charge in [-0.3, -0.25) is 4.68 Å². The van der Waals surface area contributed by atoms with E-state index in [4.69, 9.17) is 11.6 Å². The molecule has 0 aliphatic carbocycles. The fourth-order valence-electron chi connectivity index (χ4n) is 2.05. The Labute approximate surface area is 113 Å². The third kappa shape index (κ3) is 2.51. The molecule has 0 radical (unpaired) electrons. The molecule has 0 amide bonds. The van der Waals surface area contributed by atoms with E-state index in [0.717, 1.165) is 28.5 Å². The number of nitrogens with one attached hydrogen (secondary N) is 1. The van der Waals surface area contributed by atoms with Crippen LogP contribution in [0.1, 0.15) is 23.9 Å². The van der Waals surface area contributed by atoms with E-state index < -0.39 is 0 Å². The minimum Gasteiger partial charge on any atom is -0.379 e. The first-order valence-electron chi connectivity index (χ1n) is 6.13. The summed E-state index contributed by atoms with van der Waals surface area (Å²) in [4.78, 5) is 0. The fourth-order valence-corrected chi connectivity index (χ4v) is 2.28. The van der Waals surface area contributed by atoms with Crippen molar-refractivity contribution >= 4 is 17.3 Å². The average molecular weight is 264 g/mol. The van der Waals surface area contributed by atoms with E-state index in [0.29, 0.717) is 6.54 Å². The Morgan fingerprint density at radius 1 is 1.33 bits per heavy atom. The topological polar surface area (TPSA) is 29.9 Å². The van der Waals surface area contributed by atoms with Crippen LogP contribution in [-0.4, -0.2) is 9.78 Å². The summed E-state index contributed by atoms with van der Waals surface area (Å²) >= 11 is 6.23. The first-order valence-corrected chi connectivity index (χ1v) is 6.51. The predicted molar refractivity (Wildman–Crippen MR) is 76.1 cm³/mol. The van der Waals surface area contributed by atoms with Gasteiger partial charge in [-0.15, -0.1) is 0 Å². The molecular weight excluding hydrogens is 246 g/mol. The highest BCUT2D eigenvalue weighted by Crippen LogP contribution is 2.22. The lowest BCUT2D eigenvalue weighted by molar-refractivity contribution is 0.713. The molecule has 0 atom stereocenters. The summed E-state index contributed by atoms with van der Waals surface area (Å²) < 4.78 is 1.83. The Bertz CT molecular complexity index is 546. The van der Waals surface area contributed by atoms with E-state index in [1.807, 2.05) is 24.7 Å². The summed E-state index contributed by atoms with van der Waals surface area (Å²) in [5.41, 5.74) is 4.36. The van der Waals surface area contributed by atoms with Crippen LogP contribution in [0.3, 0.4) is 0 Å². The van der Waals surface area contributed by atoms with Crippen LogP contribution in [0.25, 0.3) is 0 Å². The molecule has 0 saturated heterocycles. The van der Waals surface area contributed by atoms with Crippen molar-refractivity contribution in [3.63, 3.8) is 0 Å². The van der Waals surface area contributed by atoms with E-state index in [-0.39, 0.29) is 0 Å². The van der Waals surface area contributed by atoms with Crippen molar-refractivity contribution in [2.45, 2.75) is 26.8 Å². The quantitative estimate of drug-likeness (QED) is 0.914. The Kier molecular flexibility index (Phi) is 3.92. The zero-order chi connectivity index (χ0) is 13.1. The molecule has 1 aromatic carbocycles. The molecule has 96 valence electrons. The summed E-state index contributed by atoms with van der Waals surface area (Å²) in [6, 6.07) is 8.33. The van der Waals surface area contributed by atoms with Crippen LogP contribution >= 0.6 is 11.6 Å². The van der Waals surface area contributed by atoms with Gasteiger partial charge in [0.05, 0.1) is 23.0 Å². The molecule has 1 heterocycles. The Hall–Kier alpha value is -1.48. The van der Waals surface area contributed by atoms with Crippen molar-refractivity contribution in [2.24, 2.45) is 7.05 Å². The second kappa shape index (κ2) is 5.44. The van der Waals surface area contributed by atoms with Gasteiger partial charge >= 0.3 is 0 Å². The normalized spacial score (nSPS) is 10.7. The molecule has 0 aliphatic heterocycles. The highest BCUT2D eigenvalue weighted by atomic mass is 35.5. The molecule has 0 bridgehead atoms. The molecule has 0 fully saturated rings. The zero-order valence-electron chi connectivity index (χ0n) is 11.0. The van der Waals surface area contributed by atoms with Crippen molar-refractivity contribution in [1.29, 1.82) is 0 Å². The summed E-state index contributed by atoms with van der Waals surface area (Å²) in [6.45, 7) is 4.76. The molecule has 0 spiro atoms. The molecule has 0 unspecified atom stereocenters. The summed E-state index contributed by atoms with van der Waals surface area (Å²) in [6.07, 6.45) is 1.02. The first-order chi connectivity index (χ1) is 8.63. The molecule has 2 rings (SSSR count). The minimum atomic E-state index is 0.688. The molecule has 1 N–H and O–H groups in total. The van der Waals surface area contributed by atoms with Gasteiger partial charge in [-0.1, -0.05) is 36.7 Å². The molecule has 3 nitrogen and oxygen atoms in total. The second-order valence-electron chi connectivity index (χ2n) is 4.33. The van der Waals surface area contributed by atoms with Crippen LogP contribution in [0.15, 0.2) is 24.3 Å². The maximum Gasteiger partial charge on any atom is 0.0865 e. The summed E-state index contributed by atoms with van der Waals surface area (Å²) in [7, 11) is 1.92. The van der Waals surface area contributed by atoms with Crippen LogP contribution < -0.4 is 5.32 Å². The van der Waals surface area contributed by atoms with Crippen LogP contribution in [0.4, 0.5) is 5.69 Å². The van der Waals surface area contributed by atoms with E-state index >= 15 is 0 Å². The first kappa shape index (κ1) is 13.0. The molecule has 1 aromatic heterocycles. The molecule has 2 aromatic rings. The molecule has 0 aliphatic rings. The van der Waals surface area contributed by atoms with Crippen molar-refractivity contribution in [1.82, 2.24) is 9.78 Å².